The molecule has 0 amide bonds. The summed E-state index contributed by atoms with van der Waals surface area (Å²) in [6.45, 7) is 4.56. The Morgan fingerprint density at radius 2 is 0.809 bits per heavy atom. The first-order valence-corrected chi connectivity index (χ1v) is 17.6. The summed E-state index contributed by atoms with van der Waals surface area (Å²) in [6, 6.07) is 24.4. The summed E-state index contributed by atoms with van der Waals surface area (Å²) < 4.78 is 62.7. The molecule has 47 heavy (non-hydrogen) atoms. The largest absolute Gasteiger partial charge is 0.365 e. The normalized spacial score (nSPS) is 22.9. The smallest absolute Gasteiger partial charge is 0.159 e. The van der Waals surface area contributed by atoms with E-state index in [1.807, 2.05) is 24.3 Å². The quantitative estimate of drug-likeness (QED) is 0.156. The number of hydrogen-bond acceptors (Lipinski definition) is 1. The summed E-state index contributed by atoms with van der Waals surface area (Å²) in [5.41, 5.74) is 5.18. The Balaban J connectivity index is 1.32. The van der Waals surface area contributed by atoms with Crippen molar-refractivity contribution in [1.82, 2.24) is 0 Å². The highest BCUT2D eigenvalue weighted by Gasteiger charge is 2.35. The lowest BCUT2D eigenvalue weighted by atomic mass is 9.75. The van der Waals surface area contributed by atoms with E-state index in [4.69, 9.17) is 4.74 Å². The number of halogens is 4. The molecule has 4 aromatic carbocycles. The molecule has 0 aliphatic heterocycles. The number of benzene rings is 4. The third-order valence-electron chi connectivity index (χ3n) is 11.1. The molecule has 2 unspecified atom stereocenters. The van der Waals surface area contributed by atoms with E-state index in [1.165, 1.54) is 62.8 Å². The van der Waals surface area contributed by atoms with Crippen LogP contribution in [0.3, 0.4) is 0 Å². The number of rotatable bonds is 10. The molecule has 1 nitrogen and oxygen atoms in total. The molecule has 0 spiro atoms. The van der Waals surface area contributed by atoms with Crippen molar-refractivity contribution < 1.29 is 22.3 Å². The molecule has 5 heteroatoms. The third kappa shape index (κ3) is 7.83. The van der Waals surface area contributed by atoms with Crippen LogP contribution in [0, 0.1) is 46.9 Å². The van der Waals surface area contributed by atoms with Crippen molar-refractivity contribution in [2.24, 2.45) is 23.7 Å². The van der Waals surface area contributed by atoms with Gasteiger partial charge in [-0.25, -0.2) is 17.6 Å². The van der Waals surface area contributed by atoms with E-state index in [0.29, 0.717) is 23.0 Å². The van der Waals surface area contributed by atoms with Crippen molar-refractivity contribution in [2.75, 3.05) is 0 Å². The van der Waals surface area contributed by atoms with Gasteiger partial charge >= 0.3 is 0 Å². The average molecular weight is 643 g/mol. The predicted molar refractivity (Wildman–Crippen MR) is 182 cm³/mol. The zero-order chi connectivity index (χ0) is 32.9. The fourth-order valence-electron chi connectivity index (χ4n) is 7.96. The van der Waals surface area contributed by atoms with Gasteiger partial charge in [0.2, 0.25) is 0 Å². The van der Waals surface area contributed by atoms with Gasteiger partial charge in [-0.15, -0.1) is 0 Å². The van der Waals surface area contributed by atoms with Crippen LogP contribution in [0.1, 0.15) is 101 Å². The molecule has 6 rings (SSSR count). The Hall–Kier alpha value is -3.44. The van der Waals surface area contributed by atoms with Crippen LogP contribution < -0.4 is 0 Å². The van der Waals surface area contributed by atoms with Crippen LogP contribution in [0.15, 0.2) is 84.9 Å². The Bertz CT molecular complexity index is 1480. The van der Waals surface area contributed by atoms with Crippen LogP contribution in [0.5, 0.6) is 0 Å². The Kier molecular flexibility index (Phi) is 10.8. The molecule has 2 atom stereocenters. The van der Waals surface area contributed by atoms with Gasteiger partial charge in [-0.1, -0.05) is 113 Å². The van der Waals surface area contributed by atoms with E-state index in [0.717, 1.165) is 59.8 Å². The fraction of sp³-hybridized carbons (Fsp3) is 0.429. The van der Waals surface area contributed by atoms with E-state index < -0.39 is 23.3 Å². The zero-order valence-corrected chi connectivity index (χ0v) is 27.5. The average Bonchev–Trinajstić information content (AvgIpc) is 3.11. The highest BCUT2D eigenvalue weighted by atomic mass is 19.2. The molecule has 2 aliphatic carbocycles. The lowest BCUT2D eigenvalue weighted by Gasteiger charge is -2.40. The maximum atomic E-state index is 14.0. The summed E-state index contributed by atoms with van der Waals surface area (Å²) in [5, 5.41) is 0. The molecule has 2 aliphatic rings. The maximum absolute atomic E-state index is 14.0. The van der Waals surface area contributed by atoms with Gasteiger partial charge < -0.3 is 4.74 Å². The molecule has 248 valence electrons. The van der Waals surface area contributed by atoms with Crippen molar-refractivity contribution in [3.05, 3.63) is 119 Å². The first-order valence-electron chi connectivity index (χ1n) is 17.6. The van der Waals surface area contributed by atoms with Crippen molar-refractivity contribution >= 4 is 0 Å². The summed E-state index contributed by atoms with van der Waals surface area (Å²) in [4.78, 5) is 0. The predicted octanol–water partition coefficient (Wildman–Crippen LogP) is 12.8. The fourth-order valence-corrected chi connectivity index (χ4v) is 7.96. The molecule has 2 saturated carbocycles. The molecule has 0 heterocycles. The topological polar surface area (TPSA) is 9.23 Å². The second-order valence-corrected chi connectivity index (χ2v) is 13.9. The first-order chi connectivity index (χ1) is 22.8. The van der Waals surface area contributed by atoms with Crippen molar-refractivity contribution in [2.45, 2.75) is 90.3 Å². The van der Waals surface area contributed by atoms with Gasteiger partial charge in [-0.2, -0.15) is 0 Å². The van der Waals surface area contributed by atoms with Crippen LogP contribution in [-0.2, 0) is 4.74 Å². The SMILES string of the molecule is CC[C@H]1CC[C@H](C(OC(c2ccc(-c3ccc(F)c(F)c3)cc2)[C@H]2CC[C@H](CC)CC2)c2ccc(-c3ccc(F)c(F)c3)cc2)CC1. The van der Waals surface area contributed by atoms with E-state index in [9.17, 15) is 17.6 Å². The van der Waals surface area contributed by atoms with Gasteiger partial charge in [0.05, 0.1) is 12.2 Å². The molecule has 0 bridgehead atoms. The summed E-state index contributed by atoms with van der Waals surface area (Å²) >= 11 is 0. The summed E-state index contributed by atoms with van der Waals surface area (Å²) in [5.74, 6) is -1.13. The lowest BCUT2D eigenvalue weighted by Crippen LogP contribution is -2.28. The molecule has 0 saturated heterocycles. The van der Waals surface area contributed by atoms with E-state index >= 15 is 0 Å². The van der Waals surface area contributed by atoms with E-state index in [2.05, 4.69) is 38.1 Å². The van der Waals surface area contributed by atoms with Crippen LogP contribution in [-0.4, -0.2) is 0 Å². The van der Waals surface area contributed by atoms with Crippen LogP contribution >= 0.6 is 0 Å². The molecule has 0 radical (unpaired) electrons. The molecular formula is C42H46F4O. The number of hydrogen-bond donors (Lipinski definition) is 0. The molecule has 2 fully saturated rings. The second kappa shape index (κ2) is 15.2. The molecular weight excluding hydrogens is 596 g/mol. The minimum Gasteiger partial charge on any atom is -0.365 e. The van der Waals surface area contributed by atoms with Crippen LogP contribution in [0.4, 0.5) is 17.6 Å². The molecule has 4 aromatic rings. The standard InChI is InChI=1S/C42H46F4O/c1-3-27-5-9-31(10-6-27)41(33-17-13-29(14-18-33)35-21-23-37(43)39(45)25-35)47-42(32-11-7-28(4-2)8-12-32)34-19-15-30(16-20-34)36-22-24-38(44)40(46)26-36/h13-28,31-32,41-42H,3-12H2,1-2H3/t27-,28-,31-,32-,41?,42?. The number of ether oxygens (including phenoxy) is 1. The van der Waals surface area contributed by atoms with Gasteiger partial charge in [-0.3, -0.25) is 0 Å². The maximum Gasteiger partial charge on any atom is 0.159 e. The van der Waals surface area contributed by atoms with Crippen LogP contribution in [0.25, 0.3) is 22.3 Å². The molecule has 0 N–H and O–H groups in total. The molecule has 0 aromatic heterocycles. The second-order valence-electron chi connectivity index (χ2n) is 13.9. The third-order valence-corrected chi connectivity index (χ3v) is 11.1. The van der Waals surface area contributed by atoms with Gasteiger partial charge in [0.15, 0.2) is 23.3 Å². The minimum atomic E-state index is -0.850. The van der Waals surface area contributed by atoms with E-state index in [-0.39, 0.29) is 12.2 Å². The Morgan fingerprint density at radius 3 is 1.13 bits per heavy atom. The lowest BCUT2D eigenvalue weighted by molar-refractivity contribution is -0.0905. The Morgan fingerprint density at radius 1 is 0.468 bits per heavy atom. The minimum absolute atomic E-state index is 0.105. The first kappa shape index (κ1) is 33.5. The summed E-state index contributed by atoms with van der Waals surface area (Å²) in [7, 11) is 0. The van der Waals surface area contributed by atoms with E-state index in [1.54, 1.807) is 12.1 Å². The van der Waals surface area contributed by atoms with Gasteiger partial charge in [0.25, 0.3) is 0 Å². The highest BCUT2D eigenvalue weighted by Crippen LogP contribution is 2.47. The summed E-state index contributed by atoms with van der Waals surface area (Å²) in [6.07, 6.45) is 11.4. The zero-order valence-electron chi connectivity index (χ0n) is 27.5. The van der Waals surface area contributed by atoms with Gasteiger partial charge in [-0.05, 0) is 107 Å². The monoisotopic (exact) mass is 642 g/mol. The van der Waals surface area contributed by atoms with Gasteiger partial charge in [0.1, 0.15) is 0 Å². The van der Waals surface area contributed by atoms with Crippen molar-refractivity contribution in [3.63, 3.8) is 0 Å². The van der Waals surface area contributed by atoms with Crippen molar-refractivity contribution in [1.29, 1.82) is 0 Å². The van der Waals surface area contributed by atoms with Crippen molar-refractivity contribution in [3.8, 4) is 22.3 Å². The van der Waals surface area contributed by atoms with Crippen LogP contribution in [0.2, 0.25) is 0 Å². The van der Waals surface area contributed by atoms with Gasteiger partial charge in [0, 0.05) is 0 Å². The Labute approximate surface area is 277 Å². The highest BCUT2D eigenvalue weighted by molar-refractivity contribution is 5.64.